The molecule has 0 saturated carbocycles. The molecule has 0 spiro atoms. The van der Waals surface area contributed by atoms with Crippen molar-refractivity contribution < 1.29 is 0 Å². The van der Waals surface area contributed by atoms with Gasteiger partial charge in [-0.1, -0.05) is 237 Å². The fraction of sp³-hybridized carbons (Fsp3) is 0.0141. The van der Waals surface area contributed by atoms with Crippen molar-refractivity contribution in [3.8, 4) is 39.1 Å². The van der Waals surface area contributed by atoms with Crippen LogP contribution in [-0.2, 0) is 5.41 Å². The molecule has 13 rings (SSSR count). The van der Waals surface area contributed by atoms with Gasteiger partial charge in [0.1, 0.15) is 0 Å². The third-order valence-electron chi connectivity index (χ3n) is 14.7. The first-order chi connectivity index (χ1) is 36.2. The third kappa shape index (κ3) is 7.78. The Morgan fingerprint density at radius 1 is 0.260 bits per heavy atom. The summed E-state index contributed by atoms with van der Waals surface area (Å²) in [4.78, 5) is 2.40. The van der Waals surface area contributed by atoms with Crippen LogP contribution in [0.25, 0.3) is 71.6 Å². The van der Waals surface area contributed by atoms with Crippen LogP contribution in [0.4, 0.5) is 17.1 Å². The summed E-state index contributed by atoms with van der Waals surface area (Å²) in [5.41, 5.74) is 18.0. The summed E-state index contributed by atoms with van der Waals surface area (Å²) in [5, 5.41) is 5.00. The van der Waals surface area contributed by atoms with Crippen LogP contribution < -0.4 is 4.90 Å². The molecule has 0 aliphatic heterocycles. The molecule has 0 fully saturated rings. The Hall–Kier alpha value is -9.50. The Kier molecular flexibility index (Phi) is 11.1. The van der Waals surface area contributed by atoms with Crippen molar-refractivity contribution in [1.29, 1.82) is 0 Å². The number of para-hydroxylation sites is 1. The van der Waals surface area contributed by atoms with Crippen LogP contribution in [0.15, 0.2) is 303 Å². The third-order valence-corrected chi connectivity index (χ3v) is 14.7. The highest BCUT2D eigenvalue weighted by atomic mass is 15.1. The molecule has 0 radical (unpaired) electrons. The molecule has 0 aliphatic carbocycles. The number of hydrogen-bond acceptors (Lipinski definition) is 1. The maximum Gasteiger partial charge on any atom is 0.0701 e. The Bertz CT molecular complexity index is 3920. The summed E-state index contributed by atoms with van der Waals surface area (Å²) in [6.45, 7) is 0. The maximum atomic E-state index is 2.41. The van der Waals surface area contributed by atoms with Gasteiger partial charge in [0.25, 0.3) is 0 Å². The number of benzene rings is 12. The topological polar surface area (TPSA) is 8.17 Å². The Morgan fingerprint density at radius 2 is 0.685 bits per heavy atom. The van der Waals surface area contributed by atoms with Crippen LogP contribution in [-0.4, -0.2) is 4.57 Å². The zero-order chi connectivity index (χ0) is 48.6. The first kappa shape index (κ1) is 43.5. The Labute approximate surface area is 427 Å². The zero-order valence-electron chi connectivity index (χ0n) is 40.3. The first-order valence-corrected chi connectivity index (χ1v) is 25.2. The number of nitrogens with zero attached hydrogens (tertiary/aromatic N) is 2. The van der Waals surface area contributed by atoms with Crippen molar-refractivity contribution in [1.82, 2.24) is 4.57 Å². The molecule has 73 heavy (non-hydrogen) atoms. The highest BCUT2D eigenvalue weighted by Gasteiger charge is 2.38. The molecular weight excluding hydrogens is 881 g/mol. The summed E-state index contributed by atoms with van der Waals surface area (Å²) in [6.07, 6.45) is 0. The standard InChI is InChI=1S/C71H50N2/c1-6-20-51(21-7-1)52-34-40-61(41-35-52)72(62-44-38-60(39-45-62)71(57-26-10-3-11-27-57,58-28-12-4-13-29-58)59-30-14-5-15-31-59)64-46-47-65(67(50-64)53-22-8-2-9-23-53)54-36-42-63(43-37-54)73-69-33-19-18-32-66(69)68-48-55-24-16-17-25-56(55)49-70(68)73/h1-50H. The van der Waals surface area contributed by atoms with Gasteiger partial charge in [-0.25, -0.2) is 0 Å². The minimum absolute atomic E-state index is 0.557. The van der Waals surface area contributed by atoms with E-state index in [0.717, 1.165) is 39.4 Å². The fourth-order valence-electron chi connectivity index (χ4n) is 11.3. The number of anilines is 3. The van der Waals surface area contributed by atoms with Gasteiger partial charge in [0.15, 0.2) is 0 Å². The lowest BCUT2D eigenvalue weighted by molar-refractivity contribution is 0.745. The lowest BCUT2D eigenvalue weighted by Crippen LogP contribution is -2.31. The van der Waals surface area contributed by atoms with E-state index < -0.39 is 5.41 Å². The van der Waals surface area contributed by atoms with E-state index in [1.807, 2.05) is 0 Å². The molecule has 0 bridgehead atoms. The smallest absolute Gasteiger partial charge is 0.0701 e. The largest absolute Gasteiger partial charge is 0.310 e. The second-order valence-corrected chi connectivity index (χ2v) is 18.9. The minimum Gasteiger partial charge on any atom is -0.310 e. The second-order valence-electron chi connectivity index (χ2n) is 18.9. The molecule has 13 aromatic rings. The average Bonchev–Trinajstić information content (AvgIpc) is 3.80. The quantitative estimate of drug-likeness (QED) is 0.117. The maximum absolute atomic E-state index is 2.41. The summed E-state index contributed by atoms with van der Waals surface area (Å²) in [5.74, 6) is 0. The van der Waals surface area contributed by atoms with Crippen LogP contribution in [0.3, 0.4) is 0 Å². The van der Waals surface area contributed by atoms with Crippen molar-refractivity contribution in [2.45, 2.75) is 5.41 Å². The van der Waals surface area contributed by atoms with Crippen LogP contribution in [0.5, 0.6) is 0 Å². The summed E-state index contributed by atoms with van der Waals surface area (Å²) < 4.78 is 2.41. The molecule has 344 valence electrons. The molecule has 1 aromatic heterocycles. The molecule has 0 unspecified atom stereocenters. The van der Waals surface area contributed by atoms with E-state index in [9.17, 15) is 0 Å². The highest BCUT2D eigenvalue weighted by molar-refractivity contribution is 6.13. The molecular formula is C71H50N2. The summed E-state index contributed by atoms with van der Waals surface area (Å²) >= 11 is 0. The number of fused-ring (bicyclic) bond motifs is 4. The van der Waals surface area contributed by atoms with Gasteiger partial charge in [0.05, 0.1) is 16.4 Å². The van der Waals surface area contributed by atoms with E-state index in [0.29, 0.717) is 0 Å². The second kappa shape index (κ2) is 18.7. The molecule has 0 saturated heterocycles. The molecule has 0 N–H and O–H groups in total. The van der Waals surface area contributed by atoms with Gasteiger partial charge in [-0.05, 0) is 133 Å². The van der Waals surface area contributed by atoms with Gasteiger partial charge in [0.2, 0.25) is 0 Å². The highest BCUT2D eigenvalue weighted by Crippen LogP contribution is 2.47. The van der Waals surface area contributed by atoms with Crippen LogP contribution in [0.2, 0.25) is 0 Å². The van der Waals surface area contributed by atoms with Gasteiger partial charge in [-0.2, -0.15) is 0 Å². The summed E-state index contributed by atoms with van der Waals surface area (Å²) in [6, 6.07) is 111. The van der Waals surface area contributed by atoms with Crippen LogP contribution >= 0.6 is 0 Å². The molecule has 2 heteroatoms. The lowest BCUT2D eigenvalue weighted by atomic mass is 9.65. The van der Waals surface area contributed by atoms with E-state index in [-0.39, 0.29) is 0 Å². The average molecular weight is 931 g/mol. The first-order valence-electron chi connectivity index (χ1n) is 25.2. The monoisotopic (exact) mass is 930 g/mol. The molecule has 0 aliphatic rings. The molecule has 0 atom stereocenters. The predicted molar refractivity (Wildman–Crippen MR) is 308 cm³/mol. The van der Waals surface area contributed by atoms with Crippen LogP contribution in [0, 0.1) is 0 Å². The zero-order valence-corrected chi connectivity index (χ0v) is 40.3. The van der Waals surface area contributed by atoms with Crippen molar-refractivity contribution >= 4 is 49.6 Å². The van der Waals surface area contributed by atoms with Crippen LogP contribution in [0.1, 0.15) is 22.3 Å². The molecule has 1 heterocycles. The number of hydrogen-bond donors (Lipinski definition) is 0. The van der Waals surface area contributed by atoms with Crippen molar-refractivity contribution in [2.75, 3.05) is 4.90 Å². The lowest BCUT2D eigenvalue weighted by Gasteiger charge is -2.37. The van der Waals surface area contributed by atoms with E-state index >= 15 is 0 Å². The van der Waals surface area contributed by atoms with Crippen molar-refractivity contribution in [3.63, 3.8) is 0 Å². The number of rotatable bonds is 11. The van der Waals surface area contributed by atoms with E-state index in [4.69, 9.17) is 0 Å². The van der Waals surface area contributed by atoms with Crippen molar-refractivity contribution in [2.24, 2.45) is 0 Å². The van der Waals surface area contributed by atoms with E-state index in [2.05, 4.69) is 313 Å². The molecule has 0 amide bonds. The predicted octanol–water partition coefficient (Wildman–Crippen LogP) is 18.8. The van der Waals surface area contributed by atoms with Gasteiger partial charge in [-0.3, -0.25) is 0 Å². The number of aromatic nitrogens is 1. The van der Waals surface area contributed by atoms with Gasteiger partial charge in [0, 0.05) is 33.5 Å². The normalized spacial score (nSPS) is 11.6. The Morgan fingerprint density at radius 3 is 1.27 bits per heavy atom. The molecule has 2 nitrogen and oxygen atoms in total. The van der Waals surface area contributed by atoms with Crippen molar-refractivity contribution in [3.05, 3.63) is 326 Å². The van der Waals surface area contributed by atoms with Gasteiger partial charge >= 0.3 is 0 Å². The van der Waals surface area contributed by atoms with E-state index in [1.165, 1.54) is 71.5 Å². The van der Waals surface area contributed by atoms with Gasteiger partial charge in [-0.15, -0.1) is 0 Å². The summed E-state index contributed by atoms with van der Waals surface area (Å²) in [7, 11) is 0. The SMILES string of the molecule is c1ccc(-c2ccc(N(c3ccc(C(c4ccccc4)(c4ccccc4)c4ccccc4)cc3)c3ccc(-c4ccc(-n5c6ccccc6c6cc7ccccc7cc65)cc4)c(-c4ccccc4)c3)cc2)cc1. The molecule has 12 aromatic carbocycles. The van der Waals surface area contributed by atoms with E-state index in [1.54, 1.807) is 0 Å². The minimum atomic E-state index is -0.557. The Balaban J connectivity index is 0.952. The van der Waals surface area contributed by atoms with Gasteiger partial charge < -0.3 is 9.47 Å². The fourth-order valence-corrected chi connectivity index (χ4v) is 11.3.